The molecule has 0 saturated heterocycles. The molecular weight excluding hydrogens is 230 g/mol. The highest BCUT2D eigenvalue weighted by molar-refractivity contribution is 5.80. The van der Waals surface area contributed by atoms with Crippen molar-refractivity contribution >= 4 is 5.97 Å². The first-order valence-corrected chi connectivity index (χ1v) is 5.90. The Morgan fingerprint density at radius 1 is 1.50 bits per heavy atom. The van der Waals surface area contributed by atoms with Crippen molar-refractivity contribution in [2.45, 2.75) is 18.9 Å². The van der Waals surface area contributed by atoms with Gasteiger partial charge in [-0.1, -0.05) is 0 Å². The molecule has 100 valence electrons. The van der Waals surface area contributed by atoms with Crippen molar-refractivity contribution < 1.29 is 9.53 Å². The molecule has 1 aromatic heterocycles. The number of esters is 1. The van der Waals surface area contributed by atoms with Gasteiger partial charge in [-0.25, -0.2) is 0 Å². The Kier molecular flexibility index (Phi) is 5.25. The number of carbonyl (C=O) groups is 1. The third kappa shape index (κ3) is 4.43. The van der Waals surface area contributed by atoms with Crippen LogP contribution in [0.5, 0.6) is 0 Å². The standard InChI is InChI=1S/C13H21N3O2/c1-13(14,12(17)18-3)10-16(2)9-6-11-4-7-15-8-5-11/h4-5,7-8H,6,9-10,14H2,1-3H3. The maximum atomic E-state index is 11.5. The van der Waals surface area contributed by atoms with E-state index in [0.717, 1.165) is 13.0 Å². The second-order valence-corrected chi connectivity index (χ2v) is 4.75. The Bertz CT molecular complexity index is 379. The first-order valence-electron chi connectivity index (χ1n) is 5.90. The van der Waals surface area contributed by atoms with Crippen LogP contribution < -0.4 is 5.73 Å². The van der Waals surface area contributed by atoms with E-state index in [1.165, 1.54) is 12.7 Å². The molecule has 0 aliphatic heterocycles. The van der Waals surface area contributed by atoms with Gasteiger partial charge in [-0.2, -0.15) is 0 Å². The van der Waals surface area contributed by atoms with Crippen LogP contribution in [0.3, 0.4) is 0 Å². The lowest BCUT2D eigenvalue weighted by atomic mass is 10.0. The third-order valence-electron chi connectivity index (χ3n) is 2.78. The minimum atomic E-state index is -0.970. The van der Waals surface area contributed by atoms with Gasteiger partial charge >= 0.3 is 5.97 Å². The van der Waals surface area contributed by atoms with Gasteiger partial charge in [0.05, 0.1) is 7.11 Å². The maximum absolute atomic E-state index is 11.5. The van der Waals surface area contributed by atoms with E-state index in [0.29, 0.717) is 6.54 Å². The molecule has 0 spiro atoms. The predicted octanol–water partition coefficient (Wildman–Crippen LogP) is 0.446. The fourth-order valence-corrected chi connectivity index (χ4v) is 1.81. The molecule has 1 rings (SSSR count). The van der Waals surface area contributed by atoms with Crippen molar-refractivity contribution in [1.82, 2.24) is 9.88 Å². The first kappa shape index (κ1) is 14.6. The average molecular weight is 251 g/mol. The summed E-state index contributed by atoms with van der Waals surface area (Å²) in [6, 6.07) is 3.96. The van der Waals surface area contributed by atoms with Gasteiger partial charge in [-0.3, -0.25) is 9.78 Å². The van der Waals surface area contributed by atoms with E-state index in [-0.39, 0.29) is 0 Å². The molecule has 1 atom stereocenters. The molecule has 1 heterocycles. The monoisotopic (exact) mass is 251 g/mol. The summed E-state index contributed by atoms with van der Waals surface area (Å²) in [7, 11) is 3.29. The molecule has 2 N–H and O–H groups in total. The molecule has 0 fully saturated rings. The number of nitrogens with zero attached hydrogens (tertiary/aromatic N) is 2. The molecule has 5 nitrogen and oxygen atoms in total. The second-order valence-electron chi connectivity index (χ2n) is 4.75. The van der Waals surface area contributed by atoms with Gasteiger partial charge in [0.1, 0.15) is 5.54 Å². The highest BCUT2D eigenvalue weighted by atomic mass is 16.5. The van der Waals surface area contributed by atoms with Crippen molar-refractivity contribution in [1.29, 1.82) is 0 Å². The van der Waals surface area contributed by atoms with Gasteiger partial charge in [0.2, 0.25) is 0 Å². The fourth-order valence-electron chi connectivity index (χ4n) is 1.81. The second kappa shape index (κ2) is 6.47. The largest absolute Gasteiger partial charge is 0.468 e. The normalized spacial score (nSPS) is 14.3. The van der Waals surface area contributed by atoms with Crippen LogP contribution in [0.15, 0.2) is 24.5 Å². The predicted molar refractivity (Wildman–Crippen MR) is 70.0 cm³/mol. The SMILES string of the molecule is COC(=O)C(C)(N)CN(C)CCc1ccncc1. The zero-order valence-corrected chi connectivity index (χ0v) is 11.2. The van der Waals surface area contributed by atoms with E-state index in [1.807, 2.05) is 24.1 Å². The van der Waals surface area contributed by atoms with Crippen LogP contribution in [0.2, 0.25) is 0 Å². The topological polar surface area (TPSA) is 68.5 Å². The maximum Gasteiger partial charge on any atom is 0.326 e. The summed E-state index contributed by atoms with van der Waals surface area (Å²) in [6.45, 7) is 2.97. The number of aromatic nitrogens is 1. The Balaban J connectivity index is 2.42. The molecule has 0 saturated carbocycles. The molecule has 18 heavy (non-hydrogen) atoms. The van der Waals surface area contributed by atoms with Crippen LogP contribution in [-0.4, -0.2) is 48.6 Å². The molecule has 0 aliphatic carbocycles. The van der Waals surface area contributed by atoms with Crippen molar-refractivity contribution in [2.24, 2.45) is 5.73 Å². The van der Waals surface area contributed by atoms with Gasteiger partial charge in [0, 0.05) is 25.5 Å². The summed E-state index contributed by atoms with van der Waals surface area (Å²) in [5.74, 6) is -0.390. The minimum absolute atomic E-state index is 0.390. The number of pyridine rings is 1. The molecular formula is C13H21N3O2. The number of nitrogens with two attached hydrogens (primary N) is 1. The minimum Gasteiger partial charge on any atom is -0.468 e. The number of hydrogen-bond acceptors (Lipinski definition) is 5. The molecule has 1 aromatic rings. The van der Waals surface area contributed by atoms with Crippen LogP contribution >= 0.6 is 0 Å². The molecule has 0 radical (unpaired) electrons. The number of carbonyl (C=O) groups excluding carboxylic acids is 1. The van der Waals surface area contributed by atoms with E-state index >= 15 is 0 Å². The van der Waals surface area contributed by atoms with Gasteiger partial charge in [-0.15, -0.1) is 0 Å². The number of rotatable bonds is 6. The van der Waals surface area contributed by atoms with E-state index < -0.39 is 11.5 Å². The highest BCUT2D eigenvalue weighted by Crippen LogP contribution is 2.06. The van der Waals surface area contributed by atoms with Crippen molar-refractivity contribution in [3.8, 4) is 0 Å². The summed E-state index contributed by atoms with van der Waals surface area (Å²) in [5.41, 5.74) is 6.16. The summed E-state index contributed by atoms with van der Waals surface area (Å²) in [6.07, 6.45) is 4.45. The zero-order valence-electron chi connectivity index (χ0n) is 11.2. The van der Waals surface area contributed by atoms with Crippen molar-refractivity contribution in [3.05, 3.63) is 30.1 Å². The Labute approximate surface area is 108 Å². The average Bonchev–Trinajstić information content (AvgIpc) is 2.36. The lowest BCUT2D eigenvalue weighted by Gasteiger charge is -2.27. The molecule has 0 aromatic carbocycles. The first-order chi connectivity index (χ1) is 8.45. The molecule has 0 amide bonds. The number of hydrogen-bond donors (Lipinski definition) is 1. The van der Waals surface area contributed by atoms with Gasteiger partial charge in [0.25, 0.3) is 0 Å². The van der Waals surface area contributed by atoms with Gasteiger partial charge in [-0.05, 0) is 38.1 Å². The van der Waals surface area contributed by atoms with E-state index in [9.17, 15) is 4.79 Å². The molecule has 0 bridgehead atoms. The van der Waals surface area contributed by atoms with Gasteiger partial charge in [0.15, 0.2) is 0 Å². The third-order valence-corrected chi connectivity index (χ3v) is 2.78. The van der Waals surface area contributed by atoms with Gasteiger partial charge < -0.3 is 15.4 Å². The van der Waals surface area contributed by atoms with Crippen molar-refractivity contribution in [2.75, 3.05) is 27.2 Å². The van der Waals surface area contributed by atoms with Crippen LogP contribution in [0, 0.1) is 0 Å². The lowest BCUT2D eigenvalue weighted by molar-refractivity contribution is -0.147. The summed E-state index contributed by atoms with van der Waals surface area (Å²) in [5, 5.41) is 0. The zero-order chi connectivity index (χ0) is 13.6. The summed E-state index contributed by atoms with van der Waals surface area (Å²) < 4.78 is 4.68. The quantitative estimate of drug-likeness (QED) is 0.743. The smallest absolute Gasteiger partial charge is 0.326 e. The summed E-state index contributed by atoms with van der Waals surface area (Å²) >= 11 is 0. The number of ether oxygens (including phenoxy) is 1. The molecule has 1 unspecified atom stereocenters. The van der Waals surface area contributed by atoms with Crippen LogP contribution in [0.1, 0.15) is 12.5 Å². The lowest BCUT2D eigenvalue weighted by Crippen LogP contribution is -2.53. The van der Waals surface area contributed by atoms with Crippen LogP contribution in [0.25, 0.3) is 0 Å². The van der Waals surface area contributed by atoms with E-state index in [4.69, 9.17) is 5.73 Å². The Hall–Kier alpha value is -1.46. The summed E-state index contributed by atoms with van der Waals surface area (Å²) in [4.78, 5) is 17.5. The van der Waals surface area contributed by atoms with E-state index in [2.05, 4.69) is 9.72 Å². The number of likely N-dealkylation sites (N-methyl/N-ethyl adjacent to an activating group) is 1. The Morgan fingerprint density at radius 3 is 2.67 bits per heavy atom. The fraction of sp³-hybridized carbons (Fsp3) is 0.538. The molecule has 0 aliphatic rings. The number of methoxy groups -OCH3 is 1. The Morgan fingerprint density at radius 2 is 2.11 bits per heavy atom. The van der Waals surface area contributed by atoms with Crippen molar-refractivity contribution in [3.63, 3.8) is 0 Å². The van der Waals surface area contributed by atoms with E-state index in [1.54, 1.807) is 19.3 Å². The van der Waals surface area contributed by atoms with Crippen LogP contribution in [0.4, 0.5) is 0 Å². The highest BCUT2D eigenvalue weighted by Gasteiger charge is 2.30. The van der Waals surface area contributed by atoms with Crippen LogP contribution in [-0.2, 0) is 16.0 Å². The molecule has 5 heteroatoms.